The van der Waals surface area contributed by atoms with E-state index in [9.17, 15) is 5.11 Å². The van der Waals surface area contributed by atoms with Crippen molar-refractivity contribution < 1.29 is 5.11 Å². The van der Waals surface area contributed by atoms with E-state index in [1.54, 1.807) is 0 Å². The second-order valence-electron chi connectivity index (χ2n) is 5.49. The molecule has 0 radical (unpaired) electrons. The van der Waals surface area contributed by atoms with Crippen molar-refractivity contribution in [1.82, 2.24) is 15.1 Å². The lowest BCUT2D eigenvalue weighted by Gasteiger charge is -2.31. The topological polar surface area (TPSA) is 50.1 Å². The van der Waals surface area contributed by atoms with Crippen LogP contribution in [0.3, 0.4) is 0 Å². The minimum atomic E-state index is -0.0496. The van der Waals surface area contributed by atoms with Crippen LogP contribution in [-0.4, -0.2) is 27.5 Å². The summed E-state index contributed by atoms with van der Waals surface area (Å²) in [6.45, 7) is 6.24. The largest absolute Gasteiger partial charge is 0.393 e. The smallest absolute Gasteiger partial charge is 0.0694 e. The number of rotatable bonds is 5. The van der Waals surface area contributed by atoms with Crippen LogP contribution in [0.4, 0.5) is 0 Å². The first-order chi connectivity index (χ1) is 8.06. The average molecular weight is 237 g/mol. The van der Waals surface area contributed by atoms with Gasteiger partial charge in [-0.1, -0.05) is 13.8 Å². The molecule has 1 heterocycles. The van der Waals surface area contributed by atoms with Crippen LogP contribution >= 0.6 is 0 Å². The number of nitrogens with one attached hydrogen (secondary N) is 1. The van der Waals surface area contributed by atoms with Crippen LogP contribution in [-0.2, 0) is 13.6 Å². The Bertz CT molecular complexity index is 367. The van der Waals surface area contributed by atoms with Gasteiger partial charge in [-0.2, -0.15) is 5.10 Å². The van der Waals surface area contributed by atoms with Crippen LogP contribution in [0, 0.1) is 5.92 Å². The van der Waals surface area contributed by atoms with Gasteiger partial charge in [0, 0.05) is 25.4 Å². The van der Waals surface area contributed by atoms with Crippen LogP contribution in [0.15, 0.2) is 6.20 Å². The van der Waals surface area contributed by atoms with Crippen LogP contribution in [0.1, 0.15) is 43.9 Å². The summed E-state index contributed by atoms with van der Waals surface area (Å²) < 4.78 is 1.89. The summed E-state index contributed by atoms with van der Waals surface area (Å²) in [6.07, 6.45) is 3.96. The van der Waals surface area contributed by atoms with Gasteiger partial charge in [0.25, 0.3) is 0 Å². The van der Waals surface area contributed by atoms with Crippen LogP contribution in [0.2, 0.25) is 0 Å². The standard InChI is InChI=1S/C13H23N3O/c1-9(2)13-11(8-16(3)15-13)7-14-6-10-4-12(17)5-10/h8-10,12,14,17H,4-7H2,1-3H3. The van der Waals surface area contributed by atoms with Crippen molar-refractivity contribution in [3.05, 3.63) is 17.5 Å². The van der Waals surface area contributed by atoms with Gasteiger partial charge in [-0.05, 0) is 31.2 Å². The number of nitrogens with zero attached hydrogens (tertiary/aromatic N) is 2. The molecule has 0 bridgehead atoms. The Labute approximate surface area is 103 Å². The summed E-state index contributed by atoms with van der Waals surface area (Å²) >= 11 is 0. The highest BCUT2D eigenvalue weighted by atomic mass is 16.3. The molecule has 2 N–H and O–H groups in total. The molecule has 0 amide bonds. The van der Waals surface area contributed by atoms with E-state index in [1.165, 1.54) is 11.3 Å². The first-order valence-corrected chi connectivity index (χ1v) is 6.47. The number of aliphatic hydroxyl groups excluding tert-OH is 1. The number of hydrogen-bond acceptors (Lipinski definition) is 3. The molecule has 2 rings (SSSR count). The van der Waals surface area contributed by atoms with Crippen molar-refractivity contribution in [2.45, 2.75) is 45.3 Å². The zero-order valence-electron chi connectivity index (χ0n) is 11.0. The number of aromatic nitrogens is 2. The molecule has 0 spiro atoms. The molecule has 0 aliphatic heterocycles. The highest BCUT2D eigenvalue weighted by Crippen LogP contribution is 2.26. The predicted molar refractivity (Wildman–Crippen MR) is 67.7 cm³/mol. The lowest BCUT2D eigenvalue weighted by Crippen LogP contribution is -2.35. The van der Waals surface area contributed by atoms with Gasteiger partial charge in [0.2, 0.25) is 0 Å². The van der Waals surface area contributed by atoms with Crippen LogP contribution in [0.5, 0.6) is 0 Å². The fourth-order valence-corrected chi connectivity index (χ4v) is 2.46. The van der Waals surface area contributed by atoms with E-state index >= 15 is 0 Å². The Balaban J connectivity index is 1.82. The second-order valence-corrected chi connectivity index (χ2v) is 5.49. The summed E-state index contributed by atoms with van der Waals surface area (Å²) in [5.41, 5.74) is 2.48. The Morgan fingerprint density at radius 1 is 1.53 bits per heavy atom. The molecular formula is C13H23N3O. The van der Waals surface area contributed by atoms with Crippen molar-refractivity contribution in [3.8, 4) is 0 Å². The summed E-state index contributed by atoms with van der Waals surface area (Å²) in [6, 6.07) is 0. The molecule has 4 heteroatoms. The van der Waals surface area contributed by atoms with Crippen molar-refractivity contribution in [1.29, 1.82) is 0 Å². The monoisotopic (exact) mass is 237 g/mol. The molecule has 1 saturated carbocycles. The third kappa shape index (κ3) is 3.07. The van der Waals surface area contributed by atoms with Gasteiger partial charge < -0.3 is 10.4 Å². The van der Waals surface area contributed by atoms with E-state index < -0.39 is 0 Å². The minimum absolute atomic E-state index is 0.0496. The van der Waals surface area contributed by atoms with E-state index in [2.05, 4.69) is 30.5 Å². The molecule has 0 aromatic carbocycles. The fourth-order valence-electron chi connectivity index (χ4n) is 2.46. The van der Waals surface area contributed by atoms with E-state index in [-0.39, 0.29) is 6.10 Å². The molecule has 1 aliphatic carbocycles. The third-order valence-corrected chi connectivity index (χ3v) is 3.44. The van der Waals surface area contributed by atoms with E-state index in [1.807, 2.05) is 11.7 Å². The Kier molecular flexibility index (Phi) is 3.84. The number of hydrogen-bond donors (Lipinski definition) is 2. The minimum Gasteiger partial charge on any atom is -0.393 e. The molecule has 1 aliphatic rings. The predicted octanol–water partition coefficient (Wildman–Crippen LogP) is 1.40. The van der Waals surface area contributed by atoms with Gasteiger partial charge in [-0.3, -0.25) is 4.68 Å². The quantitative estimate of drug-likeness (QED) is 0.814. The van der Waals surface area contributed by atoms with Crippen LogP contribution in [0.25, 0.3) is 0 Å². The molecule has 0 unspecified atom stereocenters. The third-order valence-electron chi connectivity index (χ3n) is 3.44. The van der Waals surface area contributed by atoms with Crippen molar-refractivity contribution in [2.75, 3.05) is 6.54 Å². The van der Waals surface area contributed by atoms with E-state index in [4.69, 9.17) is 0 Å². The van der Waals surface area contributed by atoms with Gasteiger partial charge in [-0.25, -0.2) is 0 Å². The molecule has 1 aromatic heterocycles. The highest BCUT2D eigenvalue weighted by molar-refractivity contribution is 5.19. The lowest BCUT2D eigenvalue weighted by molar-refractivity contribution is 0.0429. The zero-order chi connectivity index (χ0) is 12.4. The molecule has 1 aromatic rings. The Hall–Kier alpha value is -0.870. The maximum Gasteiger partial charge on any atom is 0.0694 e. The number of aliphatic hydroxyl groups is 1. The zero-order valence-corrected chi connectivity index (χ0v) is 11.0. The molecule has 17 heavy (non-hydrogen) atoms. The molecular weight excluding hydrogens is 214 g/mol. The van der Waals surface area contributed by atoms with Gasteiger partial charge in [0.1, 0.15) is 0 Å². The van der Waals surface area contributed by atoms with Gasteiger partial charge >= 0.3 is 0 Å². The maximum atomic E-state index is 9.21. The summed E-state index contributed by atoms with van der Waals surface area (Å²) in [5.74, 6) is 1.13. The molecule has 96 valence electrons. The van der Waals surface area contributed by atoms with Crippen LogP contribution < -0.4 is 5.32 Å². The fraction of sp³-hybridized carbons (Fsp3) is 0.769. The first-order valence-electron chi connectivity index (χ1n) is 6.47. The van der Waals surface area contributed by atoms with Crippen molar-refractivity contribution in [2.24, 2.45) is 13.0 Å². The molecule has 0 atom stereocenters. The first kappa shape index (κ1) is 12.6. The van der Waals surface area contributed by atoms with Gasteiger partial charge in [-0.15, -0.1) is 0 Å². The number of aryl methyl sites for hydroxylation is 1. The van der Waals surface area contributed by atoms with Gasteiger partial charge in [0.15, 0.2) is 0 Å². The maximum absolute atomic E-state index is 9.21. The lowest BCUT2D eigenvalue weighted by atomic mass is 9.82. The summed E-state index contributed by atoms with van der Waals surface area (Å²) in [5, 5.41) is 17.2. The normalized spacial score (nSPS) is 24.1. The molecule has 4 nitrogen and oxygen atoms in total. The Morgan fingerprint density at radius 3 is 2.82 bits per heavy atom. The van der Waals surface area contributed by atoms with Crippen molar-refractivity contribution >= 4 is 0 Å². The second kappa shape index (κ2) is 5.19. The summed E-state index contributed by atoms with van der Waals surface area (Å²) in [4.78, 5) is 0. The Morgan fingerprint density at radius 2 is 2.24 bits per heavy atom. The molecule has 1 fully saturated rings. The highest BCUT2D eigenvalue weighted by Gasteiger charge is 2.26. The summed E-state index contributed by atoms with van der Waals surface area (Å²) in [7, 11) is 1.97. The van der Waals surface area contributed by atoms with E-state index in [0.717, 1.165) is 25.9 Å². The van der Waals surface area contributed by atoms with E-state index in [0.29, 0.717) is 11.8 Å². The van der Waals surface area contributed by atoms with Gasteiger partial charge in [0.05, 0.1) is 11.8 Å². The SMILES string of the molecule is CC(C)c1nn(C)cc1CNCC1CC(O)C1. The average Bonchev–Trinajstić information content (AvgIpc) is 2.57. The van der Waals surface area contributed by atoms with Crippen molar-refractivity contribution in [3.63, 3.8) is 0 Å². The molecule has 0 saturated heterocycles.